The number of aromatic nitrogens is 3. The highest BCUT2D eigenvalue weighted by atomic mass is 32.2. The van der Waals surface area contributed by atoms with E-state index in [0.717, 1.165) is 11.3 Å². The third kappa shape index (κ3) is 5.43. The molecule has 0 fully saturated rings. The molecule has 0 spiro atoms. The minimum Gasteiger partial charge on any atom is -0.469 e. The fraction of sp³-hybridized carbons (Fsp3) is 0.273. The molecule has 0 bridgehead atoms. The second kappa shape index (κ2) is 10.1. The lowest BCUT2D eigenvalue weighted by Gasteiger charge is -2.13. The van der Waals surface area contributed by atoms with Gasteiger partial charge in [-0.2, -0.15) is 0 Å². The molecule has 0 unspecified atom stereocenters. The zero-order valence-corrected chi connectivity index (χ0v) is 18.5. The van der Waals surface area contributed by atoms with Crippen LogP contribution in [0.2, 0.25) is 0 Å². The average Bonchev–Trinajstić information content (AvgIpc) is 3.32. The molecule has 0 radical (unpaired) electrons. The molecule has 8 nitrogen and oxygen atoms in total. The molecule has 0 saturated heterocycles. The van der Waals surface area contributed by atoms with E-state index in [1.165, 1.54) is 11.8 Å². The molecule has 0 atom stereocenters. The topological polar surface area (TPSA) is 102 Å². The highest BCUT2D eigenvalue weighted by Gasteiger charge is 2.18. The van der Waals surface area contributed by atoms with E-state index >= 15 is 0 Å². The Labute approximate surface area is 185 Å². The molecule has 0 aliphatic carbocycles. The predicted molar refractivity (Wildman–Crippen MR) is 121 cm³/mol. The van der Waals surface area contributed by atoms with Gasteiger partial charge < -0.3 is 15.1 Å². The van der Waals surface area contributed by atoms with Crippen molar-refractivity contribution in [3.63, 3.8) is 0 Å². The molecule has 2 heterocycles. The van der Waals surface area contributed by atoms with E-state index in [0.29, 0.717) is 28.8 Å². The second-order valence-electron chi connectivity index (χ2n) is 7.11. The van der Waals surface area contributed by atoms with Crippen molar-refractivity contribution in [2.45, 2.75) is 38.5 Å². The third-order valence-corrected chi connectivity index (χ3v) is 5.29. The maximum Gasteiger partial charge on any atom is 0.253 e. The van der Waals surface area contributed by atoms with E-state index in [2.05, 4.69) is 27.4 Å². The molecular weight excluding hydrogens is 414 g/mol. The van der Waals surface area contributed by atoms with Crippen LogP contribution >= 0.6 is 11.8 Å². The number of aryl methyl sites for hydroxylation is 1. The fourth-order valence-electron chi connectivity index (χ4n) is 2.95. The smallest absolute Gasteiger partial charge is 0.253 e. The summed E-state index contributed by atoms with van der Waals surface area (Å²) in [6.45, 7) is 9.91. The largest absolute Gasteiger partial charge is 0.469 e. The molecule has 0 saturated carbocycles. The summed E-state index contributed by atoms with van der Waals surface area (Å²) in [5, 5.41) is 14.7. The molecule has 9 heteroatoms. The molecule has 3 rings (SSSR count). The van der Waals surface area contributed by atoms with Crippen molar-refractivity contribution in [1.82, 2.24) is 20.1 Å². The van der Waals surface area contributed by atoms with E-state index in [1.807, 2.05) is 31.4 Å². The summed E-state index contributed by atoms with van der Waals surface area (Å²) in [4.78, 5) is 25.0. The van der Waals surface area contributed by atoms with E-state index < -0.39 is 0 Å². The van der Waals surface area contributed by atoms with Crippen LogP contribution in [0.4, 0.5) is 5.69 Å². The molecular formula is C22H25N5O3S. The summed E-state index contributed by atoms with van der Waals surface area (Å²) in [6, 6.07) is 8.75. The lowest BCUT2D eigenvalue weighted by Crippen LogP contribution is -2.31. The van der Waals surface area contributed by atoms with Crippen molar-refractivity contribution in [2.75, 3.05) is 11.1 Å². The Kier molecular flexibility index (Phi) is 7.30. The van der Waals surface area contributed by atoms with Crippen molar-refractivity contribution < 1.29 is 14.0 Å². The molecule has 3 aromatic rings. The van der Waals surface area contributed by atoms with Gasteiger partial charge in [-0.25, -0.2) is 0 Å². The summed E-state index contributed by atoms with van der Waals surface area (Å²) < 4.78 is 7.25. The second-order valence-corrected chi connectivity index (χ2v) is 8.05. The van der Waals surface area contributed by atoms with Gasteiger partial charge in [0.25, 0.3) is 5.91 Å². The Hall–Kier alpha value is -3.33. The maximum atomic E-state index is 12.6. The number of anilines is 1. The van der Waals surface area contributed by atoms with Gasteiger partial charge in [0.15, 0.2) is 11.0 Å². The highest BCUT2D eigenvalue weighted by molar-refractivity contribution is 7.99. The van der Waals surface area contributed by atoms with Gasteiger partial charge in [0, 0.05) is 12.6 Å². The third-order valence-electron chi connectivity index (χ3n) is 4.33. The molecule has 0 aliphatic heterocycles. The fourth-order valence-corrected chi connectivity index (χ4v) is 3.70. The van der Waals surface area contributed by atoms with Crippen molar-refractivity contribution in [3.8, 4) is 11.4 Å². The van der Waals surface area contributed by atoms with Crippen LogP contribution < -0.4 is 10.6 Å². The van der Waals surface area contributed by atoms with Gasteiger partial charge in [-0.1, -0.05) is 30.0 Å². The van der Waals surface area contributed by atoms with Gasteiger partial charge in [0.05, 0.1) is 28.8 Å². The minimum absolute atomic E-state index is 0.00362. The van der Waals surface area contributed by atoms with Gasteiger partial charge in [0.2, 0.25) is 5.91 Å². The molecule has 31 heavy (non-hydrogen) atoms. The van der Waals surface area contributed by atoms with Crippen LogP contribution in [0.1, 0.15) is 30.0 Å². The summed E-state index contributed by atoms with van der Waals surface area (Å²) in [5.74, 6) is 1.03. The van der Waals surface area contributed by atoms with Gasteiger partial charge in [-0.15, -0.1) is 16.8 Å². The van der Waals surface area contributed by atoms with Crippen molar-refractivity contribution >= 4 is 29.3 Å². The molecule has 0 aliphatic rings. The zero-order valence-electron chi connectivity index (χ0n) is 17.7. The predicted octanol–water partition coefficient (Wildman–Crippen LogP) is 3.90. The van der Waals surface area contributed by atoms with E-state index in [1.54, 1.807) is 36.6 Å². The van der Waals surface area contributed by atoms with Crippen LogP contribution in [0.25, 0.3) is 11.4 Å². The van der Waals surface area contributed by atoms with Crippen LogP contribution in [-0.4, -0.2) is 38.4 Å². The number of nitrogens with one attached hydrogen (secondary N) is 2. The summed E-state index contributed by atoms with van der Waals surface area (Å²) in [7, 11) is 0. The van der Waals surface area contributed by atoms with Crippen molar-refractivity contribution in [2.24, 2.45) is 0 Å². The Morgan fingerprint density at radius 1 is 1.26 bits per heavy atom. The number of carbonyl (C=O) groups excluding carboxylic acids is 2. The van der Waals surface area contributed by atoms with Gasteiger partial charge in [-0.05, 0) is 39.0 Å². The number of amides is 2. The summed E-state index contributed by atoms with van der Waals surface area (Å²) in [5.41, 5.74) is 1.73. The number of carbonyl (C=O) groups is 2. The minimum atomic E-state index is -0.246. The Morgan fingerprint density at radius 2 is 2.03 bits per heavy atom. The van der Waals surface area contributed by atoms with Crippen LogP contribution in [0.3, 0.4) is 0 Å². The molecule has 162 valence electrons. The maximum absolute atomic E-state index is 12.6. The molecule has 2 amide bonds. The average molecular weight is 440 g/mol. The number of hydrogen-bond acceptors (Lipinski definition) is 6. The number of rotatable bonds is 9. The standard InChI is InChI=1S/C22H25N5O3S/c1-5-11-27-20(16-10-12-30-15(16)4)25-26-22(27)31-13-19(28)24-18-9-7-6-8-17(18)21(29)23-14(2)3/h5-10,12,14H,1,11,13H2,2-4H3,(H,23,29)(H,24,28). The van der Waals surface area contributed by atoms with E-state index in [4.69, 9.17) is 4.42 Å². The number of benzene rings is 1. The number of allylic oxidation sites excluding steroid dienone is 1. The molecule has 1 aromatic carbocycles. The molecule has 2 N–H and O–H groups in total. The van der Waals surface area contributed by atoms with Gasteiger partial charge >= 0.3 is 0 Å². The van der Waals surface area contributed by atoms with Crippen LogP contribution in [0.5, 0.6) is 0 Å². The van der Waals surface area contributed by atoms with Crippen molar-refractivity contribution in [3.05, 3.63) is 60.6 Å². The lowest BCUT2D eigenvalue weighted by molar-refractivity contribution is -0.113. The first-order valence-corrected chi connectivity index (χ1v) is 10.8. The number of hydrogen-bond donors (Lipinski definition) is 2. The Balaban J connectivity index is 1.71. The summed E-state index contributed by atoms with van der Waals surface area (Å²) >= 11 is 1.26. The quantitative estimate of drug-likeness (QED) is 0.387. The normalized spacial score (nSPS) is 10.8. The summed E-state index contributed by atoms with van der Waals surface area (Å²) in [6.07, 6.45) is 3.35. The van der Waals surface area contributed by atoms with Gasteiger partial charge in [-0.3, -0.25) is 14.2 Å². The van der Waals surface area contributed by atoms with Gasteiger partial charge in [0.1, 0.15) is 5.76 Å². The number of para-hydroxylation sites is 1. The zero-order chi connectivity index (χ0) is 22.4. The number of furan rings is 1. The Morgan fingerprint density at radius 3 is 2.71 bits per heavy atom. The SMILES string of the molecule is C=CCn1c(SCC(=O)Nc2ccccc2C(=O)NC(C)C)nnc1-c1ccoc1C. The molecule has 2 aromatic heterocycles. The monoisotopic (exact) mass is 439 g/mol. The first-order chi connectivity index (χ1) is 14.9. The van der Waals surface area contributed by atoms with Crippen LogP contribution in [0, 0.1) is 6.92 Å². The Bertz CT molecular complexity index is 1090. The highest BCUT2D eigenvalue weighted by Crippen LogP contribution is 2.27. The number of thioether (sulfide) groups is 1. The first kappa shape index (κ1) is 22.4. The van der Waals surface area contributed by atoms with Crippen LogP contribution in [0.15, 0.2) is 58.8 Å². The van der Waals surface area contributed by atoms with Crippen LogP contribution in [-0.2, 0) is 11.3 Å². The first-order valence-electron chi connectivity index (χ1n) is 9.81. The van der Waals surface area contributed by atoms with Crippen molar-refractivity contribution in [1.29, 1.82) is 0 Å². The number of nitrogens with zero attached hydrogens (tertiary/aromatic N) is 3. The lowest BCUT2D eigenvalue weighted by atomic mass is 10.1. The van der Waals surface area contributed by atoms with E-state index in [-0.39, 0.29) is 23.6 Å². The van der Waals surface area contributed by atoms with E-state index in [9.17, 15) is 9.59 Å².